The molecule has 0 saturated heterocycles. The zero-order chi connectivity index (χ0) is 11.9. The number of nitrogens with one attached hydrogen (secondary N) is 2. The molecule has 0 saturated carbocycles. The van der Waals surface area contributed by atoms with Crippen LogP contribution in [0, 0.1) is 0 Å². The van der Waals surface area contributed by atoms with Crippen LogP contribution in [0.3, 0.4) is 0 Å². The number of nitrogens with zero attached hydrogens (tertiary/aromatic N) is 5. The van der Waals surface area contributed by atoms with Gasteiger partial charge < -0.3 is 10.6 Å². The van der Waals surface area contributed by atoms with E-state index < -0.39 is 0 Å². The van der Waals surface area contributed by atoms with Gasteiger partial charge in [0, 0.05) is 32.4 Å². The van der Waals surface area contributed by atoms with Gasteiger partial charge in [-0.1, -0.05) is 5.21 Å². The number of aryl methyl sites for hydroxylation is 1. The Hall–Kier alpha value is -2.18. The van der Waals surface area contributed by atoms with Crippen molar-refractivity contribution >= 4 is 11.6 Å². The summed E-state index contributed by atoms with van der Waals surface area (Å²) >= 11 is 0. The van der Waals surface area contributed by atoms with Crippen LogP contribution in [0.4, 0.5) is 11.6 Å². The first kappa shape index (κ1) is 11.3. The second kappa shape index (κ2) is 5.78. The van der Waals surface area contributed by atoms with Gasteiger partial charge in [-0.3, -0.25) is 4.68 Å². The molecule has 0 unspecified atom stereocenters. The SMILES string of the molecule is CNc1cc(NCCCn2ccnn2)ncn1. The van der Waals surface area contributed by atoms with Crippen molar-refractivity contribution in [3.63, 3.8) is 0 Å². The van der Waals surface area contributed by atoms with Crippen LogP contribution >= 0.6 is 0 Å². The molecule has 2 heterocycles. The van der Waals surface area contributed by atoms with E-state index >= 15 is 0 Å². The monoisotopic (exact) mass is 233 g/mol. The number of hydrogen-bond donors (Lipinski definition) is 2. The smallest absolute Gasteiger partial charge is 0.131 e. The summed E-state index contributed by atoms with van der Waals surface area (Å²) < 4.78 is 1.81. The van der Waals surface area contributed by atoms with Gasteiger partial charge in [-0.05, 0) is 6.42 Å². The number of rotatable bonds is 6. The lowest BCUT2D eigenvalue weighted by atomic mass is 10.4. The van der Waals surface area contributed by atoms with Crippen LogP contribution in [0.2, 0.25) is 0 Å². The fourth-order valence-electron chi connectivity index (χ4n) is 1.40. The summed E-state index contributed by atoms with van der Waals surface area (Å²) in [4.78, 5) is 8.17. The predicted molar refractivity (Wildman–Crippen MR) is 64.7 cm³/mol. The third kappa shape index (κ3) is 3.40. The van der Waals surface area contributed by atoms with E-state index in [1.54, 1.807) is 10.9 Å². The second-order valence-electron chi connectivity index (χ2n) is 3.48. The van der Waals surface area contributed by atoms with Crippen molar-refractivity contribution in [3.05, 3.63) is 24.8 Å². The highest BCUT2D eigenvalue weighted by Gasteiger charge is 1.96. The lowest BCUT2D eigenvalue weighted by molar-refractivity contribution is 0.569. The molecular weight excluding hydrogens is 218 g/mol. The van der Waals surface area contributed by atoms with Gasteiger partial charge in [0.15, 0.2) is 0 Å². The van der Waals surface area contributed by atoms with Gasteiger partial charge in [-0.25, -0.2) is 9.97 Å². The van der Waals surface area contributed by atoms with Crippen LogP contribution in [0.1, 0.15) is 6.42 Å². The van der Waals surface area contributed by atoms with Crippen molar-refractivity contribution in [2.24, 2.45) is 0 Å². The summed E-state index contributed by atoms with van der Waals surface area (Å²) in [5.41, 5.74) is 0. The molecule has 2 N–H and O–H groups in total. The molecule has 0 aliphatic carbocycles. The summed E-state index contributed by atoms with van der Waals surface area (Å²) in [6.07, 6.45) is 6.02. The van der Waals surface area contributed by atoms with Crippen molar-refractivity contribution < 1.29 is 0 Å². The molecule has 0 aliphatic heterocycles. The Labute approximate surface area is 99.3 Å². The molecule has 0 amide bonds. The molecule has 0 atom stereocenters. The molecule has 90 valence electrons. The molecule has 0 aromatic carbocycles. The third-order valence-corrected chi connectivity index (χ3v) is 2.27. The van der Waals surface area contributed by atoms with Crippen LogP contribution in [0.25, 0.3) is 0 Å². The molecule has 0 aliphatic rings. The first-order valence-electron chi connectivity index (χ1n) is 5.46. The van der Waals surface area contributed by atoms with Crippen LogP contribution in [0.5, 0.6) is 0 Å². The zero-order valence-corrected chi connectivity index (χ0v) is 9.67. The zero-order valence-electron chi connectivity index (χ0n) is 9.67. The lowest BCUT2D eigenvalue weighted by Gasteiger charge is -2.06. The molecule has 7 heteroatoms. The fraction of sp³-hybridized carbons (Fsp3) is 0.400. The van der Waals surface area contributed by atoms with Crippen molar-refractivity contribution in [1.82, 2.24) is 25.0 Å². The van der Waals surface area contributed by atoms with Crippen molar-refractivity contribution in [3.8, 4) is 0 Å². The molecule has 7 nitrogen and oxygen atoms in total. The van der Waals surface area contributed by atoms with Crippen LogP contribution in [0.15, 0.2) is 24.8 Å². The average Bonchev–Trinajstić information content (AvgIpc) is 2.88. The van der Waals surface area contributed by atoms with Gasteiger partial charge in [-0.15, -0.1) is 5.10 Å². The van der Waals surface area contributed by atoms with Crippen LogP contribution < -0.4 is 10.6 Å². The number of hydrogen-bond acceptors (Lipinski definition) is 6. The first-order chi connectivity index (χ1) is 8.38. The highest BCUT2D eigenvalue weighted by atomic mass is 15.4. The molecule has 2 aromatic heterocycles. The minimum absolute atomic E-state index is 0.804. The molecule has 0 fully saturated rings. The molecule has 2 rings (SSSR count). The molecular formula is C10H15N7. The number of aromatic nitrogens is 5. The third-order valence-electron chi connectivity index (χ3n) is 2.27. The molecule has 0 spiro atoms. The molecule has 0 radical (unpaired) electrons. The van der Waals surface area contributed by atoms with E-state index in [9.17, 15) is 0 Å². The maximum absolute atomic E-state index is 4.12. The van der Waals surface area contributed by atoms with Crippen molar-refractivity contribution in [2.45, 2.75) is 13.0 Å². The molecule has 2 aromatic rings. The quantitative estimate of drug-likeness (QED) is 0.712. The normalized spacial score (nSPS) is 10.2. The van der Waals surface area contributed by atoms with Gasteiger partial charge in [0.25, 0.3) is 0 Å². The van der Waals surface area contributed by atoms with Gasteiger partial charge in [0.1, 0.15) is 18.0 Å². The fourth-order valence-corrected chi connectivity index (χ4v) is 1.40. The summed E-state index contributed by atoms with van der Waals surface area (Å²) in [5.74, 6) is 1.63. The van der Waals surface area contributed by atoms with Crippen molar-refractivity contribution in [1.29, 1.82) is 0 Å². The Morgan fingerprint density at radius 2 is 2.18 bits per heavy atom. The van der Waals surface area contributed by atoms with Gasteiger partial charge in [-0.2, -0.15) is 0 Å². The van der Waals surface area contributed by atoms with Gasteiger partial charge >= 0.3 is 0 Å². The summed E-state index contributed by atoms with van der Waals surface area (Å²) in [6, 6.07) is 1.87. The Morgan fingerprint density at radius 1 is 1.29 bits per heavy atom. The summed E-state index contributed by atoms with van der Waals surface area (Å²) in [6.45, 7) is 1.68. The van der Waals surface area contributed by atoms with E-state index in [1.807, 2.05) is 19.3 Å². The van der Waals surface area contributed by atoms with E-state index in [-0.39, 0.29) is 0 Å². The number of anilines is 2. The molecule has 0 bridgehead atoms. The van der Waals surface area contributed by atoms with E-state index in [0.717, 1.165) is 31.1 Å². The van der Waals surface area contributed by atoms with Gasteiger partial charge in [0.2, 0.25) is 0 Å². The van der Waals surface area contributed by atoms with E-state index in [2.05, 4.69) is 30.9 Å². The summed E-state index contributed by atoms with van der Waals surface area (Å²) in [7, 11) is 1.83. The van der Waals surface area contributed by atoms with Gasteiger partial charge in [0.05, 0.1) is 6.20 Å². The Kier molecular flexibility index (Phi) is 3.85. The molecule has 17 heavy (non-hydrogen) atoms. The van der Waals surface area contributed by atoms with Crippen molar-refractivity contribution in [2.75, 3.05) is 24.2 Å². The van der Waals surface area contributed by atoms with E-state index in [1.165, 1.54) is 6.33 Å². The van der Waals surface area contributed by atoms with Crippen LogP contribution in [-0.4, -0.2) is 38.6 Å². The Balaban J connectivity index is 1.74. The summed E-state index contributed by atoms with van der Waals surface area (Å²) in [5, 5.41) is 13.8. The topological polar surface area (TPSA) is 80.5 Å². The maximum atomic E-state index is 4.12. The largest absolute Gasteiger partial charge is 0.373 e. The highest BCUT2D eigenvalue weighted by Crippen LogP contribution is 2.07. The standard InChI is InChI=1S/C10H15N7/c1-11-9-7-10(14-8-13-9)12-3-2-5-17-6-4-15-16-17/h4,6-8H,2-3,5H2,1H3,(H2,11,12,13,14). The minimum atomic E-state index is 0.804. The second-order valence-corrected chi connectivity index (χ2v) is 3.48. The predicted octanol–water partition coefficient (Wildman–Crippen LogP) is 0.612. The lowest BCUT2D eigenvalue weighted by Crippen LogP contribution is -2.08. The van der Waals surface area contributed by atoms with E-state index in [0.29, 0.717) is 0 Å². The van der Waals surface area contributed by atoms with E-state index in [4.69, 9.17) is 0 Å². The van der Waals surface area contributed by atoms with Crippen LogP contribution in [-0.2, 0) is 6.54 Å². The Bertz CT molecular complexity index is 440. The maximum Gasteiger partial charge on any atom is 0.131 e. The first-order valence-corrected chi connectivity index (χ1v) is 5.46. The minimum Gasteiger partial charge on any atom is -0.373 e. The highest BCUT2D eigenvalue weighted by molar-refractivity contribution is 5.45. The Morgan fingerprint density at radius 3 is 2.94 bits per heavy atom. The average molecular weight is 233 g/mol.